The lowest BCUT2D eigenvalue weighted by Gasteiger charge is -2.66. The molecule has 0 aromatic heterocycles. The first-order valence-corrected chi connectivity index (χ1v) is 10.6. The minimum atomic E-state index is -0.423. The van der Waals surface area contributed by atoms with Gasteiger partial charge in [-0.05, 0) is 98.2 Å². The van der Waals surface area contributed by atoms with E-state index in [-0.39, 0.29) is 11.5 Å². The van der Waals surface area contributed by atoms with Crippen molar-refractivity contribution in [2.24, 2.45) is 34.0 Å². The molecule has 0 spiro atoms. The topological polar surface area (TPSA) is 40.5 Å². The summed E-state index contributed by atoms with van der Waals surface area (Å²) in [7, 11) is 0. The third-order valence-electron chi connectivity index (χ3n) is 10.1. The van der Waals surface area contributed by atoms with Crippen molar-refractivity contribution in [2.75, 3.05) is 0 Å². The summed E-state index contributed by atoms with van der Waals surface area (Å²) in [5, 5.41) is 21.6. The van der Waals surface area contributed by atoms with Crippen molar-refractivity contribution in [1.82, 2.24) is 0 Å². The Morgan fingerprint density at radius 2 is 1.62 bits per heavy atom. The van der Waals surface area contributed by atoms with Crippen LogP contribution in [0.5, 0.6) is 0 Å². The molecule has 0 aliphatic heterocycles. The Kier molecular flexibility index (Phi) is 3.77. The number of hydrogen-bond acceptors (Lipinski definition) is 2. The van der Waals surface area contributed by atoms with Crippen LogP contribution in [0.25, 0.3) is 0 Å². The summed E-state index contributed by atoms with van der Waals surface area (Å²) in [5.41, 5.74) is 0.437. The van der Waals surface area contributed by atoms with Gasteiger partial charge in [-0.1, -0.05) is 27.7 Å². The zero-order valence-corrected chi connectivity index (χ0v) is 16.3. The molecule has 4 aliphatic carbocycles. The van der Waals surface area contributed by atoms with Crippen LogP contribution >= 0.6 is 0 Å². The van der Waals surface area contributed by atoms with Crippen LogP contribution < -0.4 is 0 Å². The van der Waals surface area contributed by atoms with Crippen LogP contribution in [0.1, 0.15) is 91.9 Å². The van der Waals surface area contributed by atoms with Crippen LogP contribution in [-0.4, -0.2) is 21.9 Å². The van der Waals surface area contributed by atoms with Crippen LogP contribution in [0.3, 0.4) is 0 Å². The molecule has 2 N–H and O–H groups in total. The van der Waals surface area contributed by atoms with Gasteiger partial charge >= 0.3 is 0 Å². The van der Waals surface area contributed by atoms with Gasteiger partial charge in [0.05, 0.1) is 11.7 Å². The van der Waals surface area contributed by atoms with Crippen LogP contribution in [-0.2, 0) is 0 Å². The molecule has 138 valence electrons. The second kappa shape index (κ2) is 5.22. The molecule has 0 aromatic carbocycles. The van der Waals surface area contributed by atoms with Crippen LogP contribution in [0.4, 0.5) is 0 Å². The molecule has 0 aromatic rings. The maximum absolute atomic E-state index is 11.0. The summed E-state index contributed by atoms with van der Waals surface area (Å²) in [6, 6.07) is 0. The summed E-state index contributed by atoms with van der Waals surface area (Å²) < 4.78 is 0. The highest BCUT2D eigenvalue weighted by Gasteiger charge is 2.64. The highest BCUT2D eigenvalue weighted by atomic mass is 16.3. The van der Waals surface area contributed by atoms with Crippen molar-refractivity contribution < 1.29 is 10.2 Å². The van der Waals surface area contributed by atoms with Crippen molar-refractivity contribution in [3.63, 3.8) is 0 Å². The second-order valence-electron chi connectivity index (χ2n) is 10.8. The van der Waals surface area contributed by atoms with Crippen LogP contribution in [0, 0.1) is 34.0 Å². The Morgan fingerprint density at radius 3 is 2.33 bits per heavy atom. The minimum Gasteiger partial charge on any atom is -0.393 e. The van der Waals surface area contributed by atoms with E-state index in [2.05, 4.69) is 27.7 Å². The van der Waals surface area contributed by atoms with Crippen LogP contribution in [0.2, 0.25) is 0 Å². The standard InChI is InChI=1S/C22H38O2/c1-5-22(24)13-12-21(4)17-9-11-20(3)16(6-7-18(20)23)15(17)8-10-19(21,2)14-22/h15-18,23-24H,5-14H2,1-4H3/t15-,16-,17-,18+,19-,20-,21+,22-/m0/s1. The quantitative estimate of drug-likeness (QED) is 0.714. The molecule has 4 aliphatic rings. The summed E-state index contributed by atoms with van der Waals surface area (Å²) in [5.74, 6) is 2.35. The molecule has 0 radical (unpaired) electrons. The second-order valence-corrected chi connectivity index (χ2v) is 10.8. The molecular formula is C22H38O2. The normalized spacial score (nSPS) is 60.2. The van der Waals surface area contributed by atoms with Crippen molar-refractivity contribution in [3.8, 4) is 0 Å². The van der Waals surface area contributed by atoms with E-state index in [4.69, 9.17) is 0 Å². The Bertz CT molecular complexity index is 518. The molecule has 4 rings (SSSR count). The highest BCUT2D eigenvalue weighted by molar-refractivity contribution is 5.14. The first-order chi connectivity index (χ1) is 11.2. The average molecular weight is 335 g/mol. The minimum absolute atomic E-state index is 0.0684. The van der Waals surface area contributed by atoms with E-state index in [1.807, 2.05) is 0 Å². The molecule has 0 amide bonds. The maximum atomic E-state index is 11.0. The third-order valence-corrected chi connectivity index (χ3v) is 10.1. The van der Waals surface area contributed by atoms with E-state index in [1.54, 1.807) is 0 Å². The molecular weight excluding hydrogens is 296 g/mol. The molecule has 2 heteroatoms. The van der Waals surface area contributed by atoms with Gasteiger partial charge in [0, 0.05) is 0 Å². The number of aliphatic hydroxyl groups is 2. The van der Waals surface area contributed by atoms with E-state index in [0.717, 1.165) is 43.4 Å². The highest BCUT2D eigenvalue weighted by Crippen LogP contribution is 2.70. The van der Waals surface area contributed by atoms with Gasteiger partial charge in [-0.25, -0.2) is 0 Å². The average Bonchev–Trinajstić information content (AvgIpc) is 2.84. The Morgan fingerprint density at radius 1 is 0.875 bits per heavy atom. The summed E-state index contributed by atoms with van der Waals surface area (Å²) in [6.45, 7) is 9.58. The van der Waals surface area contributed by atoms with E-state index in [9.17, 15) is 10.2 Å². The third kappa shape index (κ3) is 2.08. The van der Waals surface area contributed by atoms with Crippen molar-refractivity contribution in [3.05, 3.63) is 0 Å². The summed E-state index contributed by atoms with van der Waals surface area (Å²) in [4.78, 5) is 0. The zero-order chi connectivity index (χ0) is 17.4. The van der Waals surface area contributed by atoms with E-state index in [1.165, 1.54) is 38.5 Å². The van der Waals surface area contributed by atoms with E-state index < -0.39 is 5.60 Å². The fourth-order valence-corrected chi connectivity index (χ4v) is 8.06. The summed E-state index contributed by atoms with van der Waals surface area (Å²) >= 11 is 0. The Balaban J connectivity index is 1.65. The van der Waals surface area contributed by atoms with Gasteiger partial charge in [0.2, 0.25) is 0 Å². The molecule has 0 bridgehead atoms. The van der Waals surface area contributed by atoms with Gasteiger partial charge in [0.25, 0.3) is 0 Å². The van der Waals surface area contributed by atoms with Gasteiger partial charge < -0.3 is 10.2 Å². The van der Waals surface area contributed by atoms with Gasteiger partial charge in [-0.2, -0.15) is 0 Å². The fraction of sp³-hybridized carbons (Fsp3) is 1.00. The number of rotatable bonds is 1. The predicted molar refractivity (Wildman–Crippen MR) is 97.6 cm³/mol. The molecule has 0 unspecified atom stereocenters. The fourth-order valence-electron chi connectivity index (χ4n) is 8.06. The molecule has 0 saturated heterocycles. The first kappa shape index (κ1) is 17.3. The molecule has 8 atom stereocenters. The molecule has 4 saturated carbocycles. The number of hydrogen-bond donors (Lipinski definition) is 2. The smallest absolute Gasteiger partial charge is 0.0650 e. The van der Waals surface area contributed by atoms with Gasteiger partial charge in [-0.15, -0.1) is 0 Å². The molecule has 24 heavy (non-hydrogen) atoms. The lowest BCUT2D eigenvalue weighted by atomic mass is 9.39. The molecule has 0 heterocycles. The van der Waals surface area contributed by atoms with Gasteiger partial charge in [-0.3, -0.25) is 0 Å². The monoisotopic (exact) mass is 334 g/mol. The van der Waals surface area contributed by atoms with Crippen molar-refractivity contribution >= 4 is 0 Å². The SMILES string of the molecule is CC[C@]1(O)CC[C@]2(C)[C@H]3CC[C@]4(C)[C@H](O)CC[C@H]4[C@@H]3CC[C@@]2(C)C1. The van der Waals surface area contributed by atoms with Gasteiger partial charge in [0.15, 0.2) is 0 Å². The Hall–Kier alpha value is -0.0800. The molecule has 2 nitrogen and oxygen atoms in total. The van der Waals surface area contributed by atoms with Crippen molar-refractivity contribution in [2.45, 2.75) is 104 Å². The summed E-state index contributed by atoms with van der Waals surface area (Å²) in [6.07, 6.45) is 11.4. The van der Waals surface area contributed by atoms with Crippen molar-refractivity contribution in [1.29, 1.82) is 0 Å². The maximum Gasteiger partial charge on any atom is 0.0650 e. The van der Waals surface area contributed by atoms with E-state index in [0.29, 0.717) is 10.8 Å². The van der Waals surface area contributed by atoms with E-state index >= 15 is 0 Å². The predicted octanol–water partition coefficient (Wildman–Crippen LogP) is 4.92. The lowest BCUT2D eigenvalue weighted by molar-refractivity contribution is -0.195. The first-order valence-electron chi connectivity index (χ1n) is 10.6. The Labute approximate surface area is 148 Å². The lowest BCUT2D eigenvalue weighted by Crippen LogP contribution is -2.60. The molecule has 4 fully saturated rings. The van der Waals surface area contributed by atoms with Crippen LogP contribution in [0.15, 0.2) is 0 Å². The number of fused-ring (bicyclic) bond motifs is 5. The van der Waals surface area contributed by atoms with Gasteiger partial charge in [0.1, 0.15) is 0 Å². The zero-order valence-electron chi connectivity index (χ0n) is 16.3. The number of aliphatic hydroxyl groups excluding tert-OH is 1. The largest absolute Gasteiger partial charge is 0.393 e.